The van der Waals surface area contributed by atoms with Crippen LogP contribution in [-0.2, 0) is 0 Å². The van der Waals surface area contributed by atoms with Crippen LogP contribution in [0.3, 0.4) is 0 Å². The fourth-order valence-corrected chi connectivity index (χ4v) is 0.477. The average molecular weight is 114 g/mol. The van der Waals surface area contributed by atoms with Gasteiger partial charge in [-0.2, -0.15) is 0 Å². The monoisotopic (exact) mass is 114 g/mol. The summed E-state index contributed by atoms with van der Waals surface area (Å²) in [6.07, 6.45) is 4.44. The van der Waals surface area contributed by atoms with Crippen LogP contribution in [-0.4, -0.2) is 10.7 Å². The van der Waals surface area contributed by atoms with E-state index in [4.69, 9.17) is 0 Å². The van der Waals surface area contributed by atoms with Crippen molar-refractivity contribution < 1.29 is 5.11 Å². The first-order valence-electron chi connectivity index (χ1n) is 2.98. The van der Waals surface area contributed by atoms with Gasteiger partial charge in [-0.3, -0.25) is 0 Å². The molecular weight excluding hydrogens is 100 g/mol. The lowest BCUT2D eigenvalue weighted by molar-refractivity contribution is 0.107. The van der Waals surface area contributed by atoms with E-state index in [9.17, 15) is 5.11 Å². The predicted octanol–water partition coefficient (Wildman–Crippen LogP) is 1.72. The molecule has 0 rings (SSSR count). The minimum absolute atomic E-state index is 0.589. The summed E-state index contributed by atoms with van der Waals surface area (Å²) in [5.74, 6) is 0. The first kappa shape index (κ1) is 7.70. The smallest absolute Gasteiger partial charge is 0.0796 e. The maximum absolute atomic E-state index is 9.24. The number of aliphatic hydroxyl groups is 1. The Labute approximate surface area is 51.0 Å². The third-order valence-electron chi connectivity index (χ3n) is 1.24. The van der Waals surface area contributed by atoms with E-state index < -0.39 is 5.60 Å². The van der Waals surface area contributed by atoms with Gasteiger partial charge in [0, 0.05) is 0 Å². The summed E-state index contributed by atoms with van der Waals surface area (Å²) >= 11 is 0. The van der Waals surface area contributed by atoms with Crippen molar-refractivity contribution in [1.29, 1.82) is 0 Å². The zero-order valence-corrected chi connectivity index (χ0v) is 5.81. The largest absolute Gasteiger partial charge is 0.386 e. The van der Waals surface area contributed by atoms with E-state index in [-0.39, 0.29) is 0 Å². The third kappa shape index (κ3) is 2.80. The van der Waals surface area contributed by atoms with Crippen molar-refractivity contribution in [2.45, 2.75) is 32.8 Å². The highest BCUT2D eigenvalue weighted by Gasteiger charge is 2.10. The summed E-state index contributed by atoms with van der Waals surface area (Å²) in [5.41, 5.74) is -0.589. The Hall–Kier alpha value is -0.300. The fourth-order valence-electron chi connectivity index (χ4n) is 0.477. The van der Waals surface area contributed by atoms with Gasteiger partial charge >= 0.3 is 0 Å². The second-order valence-electron chi connectivity index (χ2n) is 2.21. The first-order valence-corrected chi connectivity index (χ1v) is 2.98. The number of rotatable bonds is 2. The molecule has 0 saturated heterocycles. The topological polar surface area (TPSA) is 20.2 Å². The number of hydrogen-bond acceptors (Lipinski definition) is 1. The van der Waals surface area contributed by atoms with Gasteiger partial charge in [-0.15, -0.1) is 0 Å². The van der Waals surface area contributed by atoms with Crippen molar-refractivity contribution in [3.63, 3.8) is 0 Å². The van der Waals surface area contributed by atoms with E-state index in [0.29, 0.717) is 0 Å². The highest BCUT2D eigenvalue weighted by molar-refractivity contribution is 4.95. The summed E-state index contributed by atoms with van der Waals surface area (Å²) in [6.45, 7) is 5.66. The van der Waals surface area contributed by atoms with E-state index in [1.54, 1.807) is 13.0 Å². The van der Waals surface area contributed by atoms with E-state index >= 15 is 0 Å². The van der Waals surface area contributed by atoms with Crippen LogP contribution in [0.1, 0.15) is 27.2 Å². The molecule has 0 aromatic heterocycles. The van der Waals surface area contributed by atoms with Crippen LogP contribution >= 0.6 is 0 Å². The normalized spacial score (nSPS) is 19.0. The third-order valence-corrected chi connectivity index (χ3v) is 1.24. The molecular formula is C7H14O. The minimum atomic E-state index is -0.589. The van der Waals surface area contributed by atoms with E-state index in [0.717, 1.165) is 6.42 Å². The molecule has 0 aliphatic heterocycles. The Morgan fingerprint density at radius 1 is 1.62 bits per heavy atom. The molecule has 1 atom stereocenters. The van der Waals surface area contributed by atoms with E-state index in [1.165, 1.54) is 0 Å². The molecule has 1 heteroatoms. The molecule has 0 bridgehead atoms. The second kappa shape index (κ2) is 2.88. The van der Waals surface area contributed by atoms with Gasteiger partial charge in [0.1, 0.15) is 0 Å². The molecule has 0 aliphatic rings. The zero-order chi connectivity index (χ0) is 6.62. The van der Waals surface area contributed by atoms with Gasteiger partial charge in [0.2, 0.25) is 0 Å². The van der Waals surface area contributed by atoms with E-state index in [1.807, 2.05) is 19.9 Å². The number of hydrogen-bond donors (Lipinski definition) is 1. The Morgan fingerprint density at radius 3 is 2.25 bits per heavy atom. The van der Waals surface area contributed by atoms with Crippen LogP contribution in [0.2, 0.25) is 0 Å². The molecule has 0 saturated carbocycles. The van der Waals surface area contributed by atoms with Crippen molar-refractivity contribution >= 4 is 0 Å². The number of allylic oxidation sites excluding steroid dienone is 1. The lowest BCUT2D eigenvalue weighted by atomic mass is 10.0. The quantitative estimate of drug-likeness (QED) is 0.542. The molecule has 0 heterocycles. The van der Waals surface area contributed by atoms with Crippen LogP contribution in [0.15, 0.2) is 12.2 Å². The van der Waals surface area contributed by atoms with Crippen LogP contribution in [0, 0.1) is 0 Å². The first-order chi connectivity index (χ1) is 3.62. The van der Waals surface area contributed by atoms with Gasteiger partial charge in [0.25, 0.3) is 0 Å². The molecule has 1 unspecified atom stereocenters. The molecule has 0 fully saturated rings. The highest BCUT2D eigenvalue weighted by atomic mass is 16.3. The summed E-state index contributed by atoms with van der Waals surface area (Å²) < 4.78 is 0. The van der Waals surface area contributed by atoms with Crippen molar-refractivity contribution in [3.8, 4) is 0 Å². The molecule has 0 aliphatic carbocycles. The maximum atomic E-state index is 9.24. The molecule has 1 N–H and O–H groups in total. The minimum Gasteiger partial charge on any atom is -0.386 e. The molecule has 0 aromatic rings. The van der Waals surface area contributed by atoms with Gasteiger partial charge in [0.05, 0.1) is 5.60 Å². The molecule has 0 amide bonds. The van der Waals surface area contributed by atoms with Gasteiger partial charge in [0.15, 0.2) is 0 Å². The van der Waals surface area contributed by atoms with Crippen LogP contribution in [0.25, 0.3) is 0 Å². The average Bonchev–Trinajstić information content (AvgIpc) is 1.67. The Bertz CT molecular complexity index is 82.4. The fraction of sp³-hybridized carbons (Fsp3) is 0.714. The second-order valence-corrected chi connectivity index (χ2v) is 2.21. The SMILES string of the molecule is CC=CC(C)(O)CC. The van der Waals surface area contributed by atoms with Crippen molar-refractivity contribution in [2.24, 2.45) is 0 Å². The van der Waals surface area contributed by atoms with Crippen LogP contribution in [0.4, 0.5) is 0 Å². The molecule has 0 spiro atoms. The van der Waals surface area contributed by atoms with Gasteiger partial charge in [-0.05, 0) is 20.3 Å². The lowest BCUT2D eigenvalue weighted by Crippen LogP contribution is -2.18. The molecule has 0 radical (unpaired) electrons. The summed E-state index contributed by atoms with van der Waals surface area (Å²) in [7, 11) is 0. The Morgan fingerprint density at radius 2 is 2.12 bits per heavy atom. The molecule has 8 heavy (non-hydrogen) atoms. The van der Waals surface area contributed by atoms with E-state index in [2.05, 4.69) is 0 Å². The van der Waals surface area contributed by atoms with Gasteiger partial charge < -0.3 is 5.11 Å². The summed E-state index contributed by atoms with van der Waals surface area (Å²) in [5, 5.41) is 9.24. The standard InChI is InChI=1S/C7H14O/c1-4-6-7(3,8)5-2/h4,6,8H,5H2,1-3H3. The summed E-state index contributed by atoms with van der Waals surface area (Å²) in [6, 6.07) is 0. The van der Waals surface area contributed by atoms with Gasteiger partial charge in [-0.1, -0.05) is 19.1 Å². The van der Waals surface area contributed by atoms with Gasteiger partial charge in [-0.25, -0.2) is 0 Å². The Kier molecular flexibility index (Phi) is 2.77. The maximum Gasteiger partial charge on any atom is 0.0796 e. The summed E-state index contributed by atoms with van der Waals surface area (Å²) in [4.78, 5) is 0. The molecule has 48 valence electrons. The highest BCUT2D eigenvalue weighted by Crippen LogP contribution is 2.08. The predicted molar refractivity (Wildman–Crippen MR) is 35.7 cm³/mol. The van der Waals surface area contributed by atoms with Crippen LogP contribution in [0.5, 0.6) is 0 Å². The Balaban J connectivity index is 3.71. The molecule has 0 aromatic carbocycles. The zero-order valence-electron chi connectivity index (χ0n) is 5.81. The molecule has 1 nitrogen and oxygen atoms in total. The van der Waals surface area contributed by atoms with Crippen molar-refractivity contribution in [2.75, 3.05) is 0 Å². The van der Waals surface area contributed by atoms with Crippen molar-refractivity contribution in [1.82, 2.24) is 0 Å². The lowest BCUT2D eigenvalue weighted by Gasteiger charge is -2.14. The van der Waals surface area contributed by atoms with Crippen LogP contribution < -0.4 is 0 Å². The van der Waals surface area contributed by atoms with Crippen molar-refractivity contribution in [3.05, 3.63) is 12.2 Å².